The van der Waals surface area contributed by atoms with Gasteiger partial charge in [0.1, 0.15) is 0 Å². The van der Waals surface area contributed by atoms with Gasteiger partial charge in [-0.3, -0.25) is 9.19 Å². The van der Waals surface area contributed by atoms with Crippen molar-refractivity contribution in [1.29, 1.82) is 0 Å². The number of aryl methyl sites for hydroxylation is 4. The van der Waals surface area contributed by atoms with Gasteiger partial charge in [-0.15, -0.1) is 5.69 Å². The molecule has 3 aromatic rings. The van der Waals surface area contributed by atoms with Crippen molar-refractivity contribution in [1.82, 2.24) is 24.3 Å². The van der Waals surface area contributed by atoms with Crippen LogP contribution in [0.1, 0.15) is 22.8 Å². The Morgan fingerprint density at radius 2 is 1.54 bits per heavy atom. The fourth-order valence-electron chi connectivity index (χ4n) is 2.77. The number of nitrogens with zero attached hydrogens (tertiary/aromatic N) is 6. The minimum Gasteiger partial charge on any atom is -0.510 e. The van der Waals surface area contributed by atoms with Crippen LogP contribution in [0.3, 0.4) is 0 Å². The Balaban J connectivity index is 0.000000198. The van der Waals surface area contributed by atoms with Crippen LogP contribution in [0, 0.1) is 40.4 Å². The molecule has 4 rings (SSSR count). The second-order valence-electron chi connectivity index (χ2n) is 6.59. The zero-order valence-electron chi connectivity index (χ0n) is 16.8. The molecule has 0 N–H and O–H groups in total. The van der Waals surface area contributed by atoms with Crippen molar-refractivity contribution in [3.05, 3.63) is 84.3 Å². The Morgan fingerprint density at radius 3 is 1.93 bits per heavy atom. The summed E-state index contributed by atoms with van der Waals surface area (Å²) in [4.78, 5) is 4.03. The fourth-order valence-corrected chi connectivity index (χ4v) is 2.77. The second kappa shape index (κ2) is 9.78. The van der Waals surface area contributed by atoms with E-state index in [1.807, 2.05) is 117 Å². The molecule has 0 amide bonds. The van der Waals surface area contributed by atoms with Gasteiger partial charge in [0, 0.05) is 11.4 Å². The normalized spacial score (nSPS) is 12.5. The van der Waals surface area contributed by atoms with Crippen LogP contribution in [0.4, 0.5) is 5.69 Å². The summed E-state index contributed by atoms with van der Waals surface area (Å²) >= 11 is 0. The van der Waals surface area contributed by atoms with Crippen LogP contribution in [0.2, 0.25) is 0 Å². The van der Waals surface area contributed by atoms with E-state index in [-0.39, 0.29) is 21.1 Å². The van der Waals surface area contributed by atoms with E-state index in [0.29, 0.717) is 0 Å². The molecule has 2 aromatic heterocycles. The maximum atomic E-state index is 4.36. The molecule has 1 aromatic carbocycles. The monoisotopic (exact) mass is 554 g/mol. The summed E-state index contributed by atoms with van der Waals surface area (Å²) in [5.74, 6) is 0. The number of rotatable bonds is 3. The van der Waals surface area contributed by atoms with Crippen LogP contribution in [0.5, 0.6) is 0 Å². The first-order valence-electron chi connectivity index (χ1n) is 8.83. The molecular formula is C20H24BN6Pt. The van der Waals surface area contributed by atoms with E-state index in [2.05, 4.69) is 16.3 Å². The summed E-state index contributed by atoms with van der Waals surface area (Å²) in [5, 5.41) is 8.71. The summed E-state index contributed by atoms with van der Waals surface area (Å²) < 4.78 is 3.68. The predicted molar refractivity (Wildman–Crippen MR) is 109 cm³/mol. The third kappa shape index (κ3) is 5.62. The van der Waals surface area contributed by atoms with Gasteiger partial charge in [-0.05, 0) is 59.3 Å². The topological polar surface area (TPSA) is 42.1 Å². The first-order chi connectivity index (χ1) is 12.9. The minimum absolute atomic E-state index is 0. The Kier molecular flexibility index (Phi) is 7.70. The third-order valence-corrected chi connectivity index (χ3v) is 4.05. The zero-order valence-corrected chi connectivity index (χ0v) is 19.0. The first kappa shape index (κ1) is 22.0. The summed E-state index contributed by atoms with van der Waals surface area (Å²) in [7, 11) is 3.89. The third-order valence-electron chi connectivity index (χ3n) is 4.05. The Bertz CT molecular complexity index is 874. The van der Waals surface area contributed by atoms with E-state index in [1.54, 1.807) is 0 Å². The minimum atomic E-state index is 0. The van der Waals surface area contributed by atoms with Gasteiger partial charge in [0.15, 0.2) is 0 Å². The molecule has 0 atom stereocenters. The number of anilines is 1. The van der Waals surface area contributed by atoms with E-state index < -0.39 is 0 Å². The van der Waals surface area contributed by atoms with Crippen molar-refractivity contribution in [2.75, 3.05) is 11.9 Å². The summed E-state index contributed by atoms with van der Waals surface area (Å²) in [6, 6.07) is 15.1. The maximum Gasteiger partial charge on any atom is 2.00 e. The average molecular weight is 554 g/mol. The van der Waals surface area contributed by atoms with E-state index in [4.69, 9.17) is 0 Å². The van der Waals surface area contributed by atoms with Gasteiger partial charge in [-0.25, -0.2) is 0 Å². The zero-order chi connectivity index (χ0) is 19.4. The predicted octanol–water partition coefficient (Wildman–Crippen LogP) is 3.07. The molecule has 28 heavy (non-hydrogen) atoms. The Hall–Kier alpha value is -2.27. The molecule has 6 nitrogen and oxygen atoms in total. The summed E-state index contributed by atoms with van der Waals surface area (Å²) in [5.41, 5.74) is 5.33. The van der Waals surface area contributed by atoms with Crippen LogP contribution in [0.15, 0.2) is 48.8 Å². The van der Waals surface area contributed by atoms with Gasteiger partial charge in [0.2, 0.25) is 0 Å². The van der Waals surface area contributed by atoms with Crippen molar-refractivity contribution in [2.45, 2.75) is 27.7 Å². The van der Waals surface area contributed by atoms with E-state index >= 15 is 0 Å². The Morgan fingerprint density at radius 1 is 0.929 bits per heavy atom. The van der Waals surface area contributed by atoms with Gasteiger partial charge in [-0.2, -0.15) is 47.2 Å². The SMILES string of the molecule is CN1C=CN(c2[c-]cccc2)[CH-]1.Cc1cc(C)n([B]n2nc(C)cc2C)n1.[Pt+2]. The van der Waals surface area contributed by atoms with Crippen molar-refractivity contribution in [3.8, 4) is 0 Å². The molecule has 0 unspecified atom stereocenters. The van der Waals surface area contributed by atoms with Gasteiger partial charge >= 0.3 is 28.6 Å². The molecule has 0 bridgehead atoms. The molecule has 0 aliphatic carbocycles. The molecule has 0 fully saturated rings. The molecule has 1 radical (unpaired) electrons. The van der Waals surface area contributed by atoms with Crippen LogP contribution in [-0.2, 0) is 21.1 Å². The average Bonchev–Trinajstić information content (AvgIpc) is 3.29. The largest absolute Gasteiger partial charge is 2.00 e. The standard InChI is InChI=1S/C10H14BN4.C10H10N2.Pt/c1-7-5-9(3)14(12-7)11-15-10(4)6-8(2)13-15;1-11-7-8-12(9-11)10-5-3-2-4-6-10;/h5-6H,1-4H3;2-5,7-9H,1H3;/q;-2;+2. The van der Waals surface area contributed by atoms with Crippen LogP contribution < -0.4 is 4.90 Å². The van der Waals surface area contributed by atoms with E-state index in [0.717, 1.165) is 28.5 Å². The van der Waals surface area contributed by atoms with Gasteiger partial charge in [0.05, 0.1) is 11.4 Å². The summed E-state index contributed by atoms with van der Waals surface area (Å²) in [6.07, 6.45) is 4.01. The van der Waals surface area contributed by atoms with Crippen LogP contribution >= 0.6 is 0 Å². The van der Waals surface area contributed by atoms with Crippen LogP contribution in [-0.4, -0.2) is 38.9 Å². The number of para-hydroxylation sites is 1. The molecule has 0 saturated carbocycles. The number of aromatic nitrogens is 4. The number of hydrogen-bond donors (Lipinski definition) is 0. The Labute approximate surface area is 182 Å². The molecule has 1 aliphatic heterocycles. The van der Waals surface area contributed by atoms with E-state index in [9.17, 15) is 0 Å². The molecule has 0 spiro atoms. The molecule has 8 heteroatoms. The van der Waals surface area contributed by atoms with Crippen LogP contribution in [0.25, 0.3) is 0 Å². The van der Waals surface area contributed by atoms with Gasteiger partial charge < -0.3 is 9.80 Å². The number of hydrogen-bond acceptors (Lipinski definition) is 4. The maximum absolute atomic E-state index is 4.36. The molecule has 3 heterocycles. The fraction of sp³-hybridized carbons (Fsp3) is 0.250. The number of benzene rings is 1. The molecular weight excluding hydrogens is 530 g/mol. The van der Waals surface area contributed by atoms with Gasteiger partial charge in [-0.1, -0.05) is 0 Å². The van der Waals surface area contributed by atoms with Crippen molar-refractivity contribution < 1.29 is 21.1 Å². The first-order valence-corrected chi connectivity index (χ1v) is 8.83. The van der Waals surface area contributed by atoms with Crippen molar-refractivity contribution in [2.24, 2.45) is 0 Å². The van der Waals surface area contributed by atoms with E-state index in [1.165, 1.54) is 0 Å². The molecule has 0 saturated heterocycles. The van der Waals surface area contributed by atoms with Crippen molar-refractivity contribution in [3.63, 3.8) is 0 Å². The smallest absolute Gasteiger partial charge is 0.510 e. The summed E-state index contributed by atoms with van der Waals surface area (Å²) in [6.45, 7) is 10.0. The second-order valence-corrected chi connectivity index (χ2v) is 6.59. The van der Waals surface area contributed by atoms with Gasteiger partial charge in [0.25, 0.3) is 0 Å². The molecule has 1 aliphatic rings. The van der Waals surface area contributed by atoms with Crippen molar-refractivity contribution >= 4 is 13.2 Å². The molecule has 147 valence electrons. The quantitative estimate of drug-likeness (QED) is 0.369.